The first kappa shape index (κ1) is 22.9. The van der Waals surface area contributed by atoms with Gasteiger partial charge in [0.05, 0.1) is 31.0 Å². The summed E-state index contributed by atoms with van der Waals surface area (Å²) in [6.07, 6.45) is 8.59. The van der Waals surface area contributed by atoms with E-state index < -0.39 is 11.6 Å². The van der Waals surface area contributed by atoms with Crippen molar-refractivity contribution in [2.75, 3.05) is 6.61 Å². The summed E-state index contributed by atoms with van der Waals surface area (Å²) in [7, 11) is 0. The van der Waals surface area contributed by atoms with Gasteiger partial charge in [-0.15, -0.1) is 5.10 Å². The topological polar surface area (TPSA) is 101 Å². The van der Waals surface area contributed by atoms with Crippen LogP contribution in [0.2, 0.25) is 0 Å². The molecule has 1 aliphatic carbocycles. The number of esters is 2. The monoisotopic (exact) mass is 453 g/mol. The average Bonchev–Trinajstić information content (AvgIpc) is 3.33. The molecule has 1 fully saturated rings. The highest BCUT2D eigenvalue weighted by Crippen LogP contribution is 2.40. The zero-order chi connectivity index (χ0) is 23.8. The Bertz CT molecular complexity index is 1170. The Morgan fingerprint density at radius 1 is 1.21 bits per heavy atom. The van der Waals surface area contributed by atoms with E-state index in [0.29, 0.717) is 25.5 Å². The molecule has 0 amide bonds. The number of pyridine rings is 1. The number of imidazole rings is 1. The number of hydrogen-bond donors (Lipinski definition) is 0. The van der Waals surface area contributed by atoms with Gasteiger partial charge in [0.15, 0.2) is 5.69 Å². The summed E-state index contributed by atoms with van der Waals surface area (Å²) in [4.78, 5) is 29.2. The van der Waals surface area contributed by atoms with Gasteiger partial charge in [0.2, 0.25) is 0 Å². The van der Waals surface area contributed by atoms with Crippen LogP contribution in [0.1, 0.15) is 80.7 Å². The minimum atomic E-state index is -0.598. The van der Waals surface area contributed by atoms with Crippen LogP contribution >= 0.6 is 0 Å². The Kier molecular flexibility index (Phi) is 6.23. The van der Waals surface area contributed by atoms with Gasteiger partial charge < -0.3 is 13.9 Å². The fraction of sp³-hybridized carbons (Fsp3) is 0.542. The summed E-state index contributed by atoms with van der Waals surface area (Å²) >= 11 is 0. The lowest BCUT2D eigenvalue weighted by atomic mass is 10.00. The lowest BCUT2D eigenvalue weighted by molar-refractivity contribution is -0.147. The maximum Gasteiger partial charge on any atom is 0.361 e. The molecule has 9 heteroatoms. The molecule has 0 aromatic carbocycles. The summed E-state index contributed by atoms with van der Waals surface area (Å²) in [5.41, 5.74) is 3.46. The predicted molar refractivity (Wildman–Crippen MR) is 121 cm³/mol. The molecule has 3 heterocycles. The molecule has 0 saturated heterocycles. The van der Waals surface area contributed by atoms with Crippen molar-refractivity contribution in [1.82, 2.24) is 24.4 Å². The van der Waals surface area contributed by atoms with Gasteiger partial charge in [0.1, 0.15) is 11.2 Å². The van der Waals surface area contributed by atoms with E-state index in [2.05, 4.69) is 22.6 Å². The van der Waals surface area contributed by atoms with Gasteiger partial charge in [0, 0.05) is 12.4 Å². The van der Waals surface area contributed by atoms with Crippen LogP contribution in [-0.2, 0) is 27.2 Å². The third-order valence-electron chi connectivity index (χ3n) is 5.43. The van der Waals surface area contributed by atoms with Crippen molar-refractivity contribution in [2.24, 2.45) is 5.92 Å². The Labute approximate surface area is 193 Å². The lowest BCUT2D eigenvalue weighted by Gasteiger charge is -2.18. The van der Waals surface area contributed by atoms with Gasteiger partial charge in [-0.25, -0.2) is 14.5 Å². The number of aromatic nitrogens is 5. The highest BCUT2D eigenvalue weighted by Gasteiger charge is 2.26. The Morgan fingerprint density at radius 2 is 1.97 bits per heavy atom. The third kappa shape index (κ3) is 5.58. The summed E-state index contributed by atoms with van der Waals surface area (Å²) < 4.78 is 14.1. The molecule has 9 nitrogen and oxygen atoms in total. The molecule has 4 rings (SSSR count). The minimum Gasteiger partial charge on any atom is -0.466 e. The molecule has 0 radical (unpaired) electrons. The molecule has 33 heavy (non-hydrogen) atoms. The summed E-state index contributed by atoms with van der Waals surface area (Å²) in [5, 5.41) is 8.00. The molecule has 0 bridgehead atoms. The van der Waals surface area contributed by atoms with E-state index in [-0.39, 0.29) is 17.6 Å². The molecule has 176 valence electrons. The molecule has 1 atom stereocenters. The van der Waals surface area contributed by atoms with Gasteiger partial charge in [-0.2, -0.15) is 0 Å². The van der Waals surface area contributed by atoms with Crippen LogP contribution in [0, 0.1) is 5.92 Å². The van der Waals surface area contributed by atoms with E-state index >= 15 is 0 Å². The number of fused-ring (bicyclic) bond motifs is 1. The van der Waals surface area contributed by atoms with Crippen molar-refractivity contribution in [3.05, 3.63) is 47.2 Å². The second kappa shape index (κ2) is 8.96. The SMILES string of the molecule is CCOC(=O)C(C)Cc1cc(C2CC2)cn2cc(Cn3cc(C(=O)OC(C)(C)C)nn3)nc12. The smallest absolute Gasteiger partial charge is 0.361 e. The van der Waals surface area contributed by atoms with Crippen molar-refractivity contribution in [3.63, 3.8) is 0 Å². The zero-order valence-corrected chi connectivity index (χ0v) is 19.9. The van der Waals surface area contributed by atoms with Crippen LogP contribution in [0.15, 0.2) is 24.7 Å². The van der Waals surface area contributed by atoms with E-state index in [1.807, 2.05) is 45.2 Å². The van der Waals surface area contributed by atoms with Crippen LogP contribution in [0.3, 0.4) is 0 Å². The third-order valence-corrected chi connectivity index (χ3v) is 5.43. The van der Waals surface area contributed by atoms with Crippen molar-refractivity contribution < 1.29 is 19.1 Å². The Balaban J connectivity index is 1.57. The largest absolute Gasteiger partial charge is 0.466 e. The highest BCUT2D eigenvalue weighted by atomic mass is 16.6. The van der Waals surface area contributed by atoms with Crippen molar-refractivity contribution in [1.29, 1.82) is 0 Å². The molecule has 1 aliphatic rings. The van der Waals surface area contributed by atoms with Crippen LogP contribution in [0.25, 0.3) is 5.65 Å². The molecule has 3 aromatic rings. The molecule has 0 aliphatic heterocycles. The van der Waals surface area contributed by atoms with Crippen LogP contribution in [0.5, 0.6) is 0 Å². The quantitative estimate of drug-likeness (QED) is 0.481. The fourth-order valence-corrected chi connectivity index (χ4v) is 3.77. The zero-order valence-electron chi connectivity index (χ0n) is 19.9. The first-order valence-corrected chi connectivity index (χ1v) is 11.4. The summed E-state index contributed by atoms with van der Waals surface area (Å²) in [5.74, 6) is -0.386. The Hall–Kier alpha value is -3.23. The molecule has 3 aromatic heterocycles. The molecule has 1 saturated carbocycles. The molecular formula is C24H31N5O4. The van der Waals surface area contributed by atoms with Crippen LogP contribution < -0.4 is 0 Å². The van der Waals surface area contributed by atoms with Gasteiger partial charge in [-0.05, 0) is 64.0 Å². The number of carbonyl (C=O) groups excluding carboxylic acids is 2. The summed E-state index contributed by atoms with van der Waals surface area (Å²) in [6.45, 7) is 9.86. The molecule has 0 N–H and O–H groups in total. The Morgan fingerprint density at radius 3 is 2.64 bits per heavy atom. The van der Waals surface area contributed by atoms with E-state index in [1.165, 1.54) is 18.4 Å². The number of rotatable bonds is 8. The van der Waals surface area contributed by atoms with Gasteiger partial charge in [-0.3, -0.25) is 4.79 Å². The second-order valence-corrected chi connectivity index (χ2v) is 9.70. The first-order valence-electron chi connectivity index (χ1n) is 11.4. The predicted octanol–water partition coefficient (Wildman–Crippen LogP) is 3.55. The van der Waals surface area contributed by atoms with Crippen molar-refractivity contribution >= 4 is 17.6 Å². The lowest BCUT2D eigenvalue weighted by Crippen LogP contribution is -2.24. The number of ether oxygens (including phenoxy) is 2. The molecule has 0 spiro atoms. The number of nitrogens with zero attached hydrogens (tertiary/aromatic N) is 5. The molecule has 1 unspecified atom stereocenters. The van der Waals surface area contributed by atoms with E-state index in [1.54, 1.807) is 10.9 Å². The number of hydrogen-bond acceptors (Lipinski definition) is 7. The van der Waals surface area contributed by atoms with Crippen molar-refractivity contribution in [2.45, 2.75) is 71.9 Å². The van der Waals surface area contributed by atoms with Gasteiger partial charge >= 0.3 is 11.9 Å². The normalized spacial score (nSPS) is 14.9. The average molecular weight is 454 g/mol. The fourth-order valence-electron chi connectivity index (χ4n) is 3.77. The standard InChI is InChI=1S/C24H31N5O4/c1-6-32-22(30)15(2)9-17-10-18(16-7-8-16)11-28-12-19(25-21(17)28)13-29-14-20(26-27-29)23(31)33-24(3,4)5/h10-12,14-16H,6-9,13H2,1-5H3. The minimum absolute atomic E-state index is 0.161. The van der Waals surface area contributed by atoms with Gasteiger partial charge in [0.25, 0.3) is 0 Å². The first-order chi connectivity index (χ1) is 15.6. The van der Waals surface area contributed by atoms with Crippen LogP contribution in [-0.4, -0.2) is 48.5 Å². The highest BCUT2D eigenvalue weighted by molar-refractivity contribution is 5.87. The number of carbonyl (C=O) groups is 2. The maximum absolute atomic E-state index is 12.2. The van der Waals surface area contributed by atoms with E-state index in [4.69, 9.17) is 14.5 Å². The van der Waals surface area contributed by atoms with E-state index in [0.717, 1.165) is 16.9 Å². The van der Waals surface area contributed by atoms with E-state index in [9.17, 15) is 9.59 Å². The second-order valence-electron chi connectivity index (χ2n) is 9.70. The summed E-state index contributed by atoms with van der Waals surface area (Å²) in [6, 6.07) is 2.18. The van der Waals surface area contributed by atoms with Gasteiger partial charge in [-0.1, -0.05) is 18.2 Å². The van der Waals surface area contributed by atoms with Crippen LogP contribution in [0.4, 0.5) is 0 Å². The maximum atomic E-state index is 12.2. The van der Waals surface area contributed by atoms with Crippen molar-refractivity contribution in [3.8, 4) is 0 Å². The molecular weight excluding hydrogens is 422 g/mol.